The molecule has 0 bridgehead atoms. The van der Waals surface area contributed by atoms with E-state index in [9.17, 15) is 4.39 Å². The molecule has 2 rings (SSSR count). The standard InChI is InChI=1S/C16H22FN3O/c1-5-13-9-14(20(4)19-13)10-21-16-7-6-12(8-15(16)17)11(2)18-3/h6-9,11,18H,5,10H2,1-4H3. The molecule has 0 radical (unpaired) electrons. The number of rotatable bonds is 6. The Morgan fingerprint density at radius 2 is 2.14 bits per heavy atom. The number of ether oxygens (including phenoxy) is 1. The van der Waals surface area contributed by atoms with Gasteiger partial charge in [0, 0.05) is 13.1 Å². The molecule has 1 aromatic heterocycles. The zero-order valence-electron chi connectivity index (χ0n) is 13.0. The molecule has 0 aliphatic carbocycles. The molecule has 5 heteroatoms. The van der Waals surface area contributed by atoms with Gasteiger partial charge in [-0.25, -0.2) is 4.39 Å². The number of benzene rings is 1. The molecule has 1 atom stereocenters. The molecule has 1 heterocycles. The van der Waals surface area contributed by atoms with Crippen LogP contribution in [0.3, 0.4) is 0 Å². The van der Waals surface area contributed by atoms with E-state index < -0.39 is 0 Å². The van der Waals surface area contributed by atoms with E-state index in [0.29, 0.717) is 6.61 Å². The van der Waals surface area contributed by atoms with Crippen LogP contribution in [0.25, 0.3) is 0 Å². The van der Waals surface area contributed by atoms with Gasteiger partial charge in [0.25, 0.3) is 0 Å². The summed E-state index contributed by atoms with van der Waals surface area (Å²) in [6, 6.07) is 7.15. The summed E-state index contributed by atoms with van der Waals surface area (Å²) >= 11 is 0. The minimum atomic E-state index is -0.340. The lowest BCUT2D eigenvalue weighted by Gasteiger charge is -2.13. The number of aromatic nitrogens is 2. The van der Waals surface area contributed by atoms with Crippen LogP contribution in [0.5, 0.6) is 5.75 Å². The molecule has 0 fully saturated rings. The highest BCUT2D eigenvalue weighted by atomic mass is 19.1. The number of hydrogen-bond donors (Lipinski definition) is 1. The summed E-state index contributed by atoms with van der Waals surface area (Å²) in [6.45, 7) is 4.34. The van der Waals surface area contributed by atoms with E-state index >= 15 is 0 Å². The van der Waals surface area contributed by atoms with Gasteiger partial charge in [-0.2, -0.15) is 5.10 Å². The number of halogens is 1. The van der Waals surface area contributed by atoms with Crippen molar-refractivity contribution >= 4 is 0 Å². The fourth-order valence-corrected chi connectivity index (χ4v) is 2.10. The largest absolute Gasteiger partial charge is 0.484 e. The topological polar surface area (TPSA) is 39.1 Å². The van der Waals surface area contributed by atoms with E-state index in [4.69, 9.17) is 4.74 Å². The van der Waals surface area contributed by atoms with Gasteiger partial charge >= 0.3 is 0 Å². The smallest absolute Gasteiger partial charge is 0.165 e. The average Bonchev–Trinajstić information content (AvgIpc) is 2.85. The molecule has 0 saturated heterocycles. The molecule has 0 amide bonds. The maximum Gasteiger partial charge on any atom is 0.165 e. The second-order valence-corrected chi connectivity index (χ2v) is 5.09. The Morgan fingerprint density at radius 3 is 2.71 bits per heavy atom. The first-order valence-corrected chi connectivity index (χ1v) is 7.16. The van der Waals surface area contributed by atoms with Gasteiger partial charge in [-0.15, -0.1) is 0 Å². The van der Waals surface area contributed by atoms with Crippen molar-refractivity contribution in [2.75, 3.05) is 7.05 Å². The number of nitrogens with one attached hydrogen (secondary N) is 1. The van der Waals surface area contributed by atoms with E-state index in [1.54, 1.807) is 10.7 Å². The van der Waals surface area contributed by atoms with Gasteiger partial charge in [-0.1, -0.05) is 13.0 Å². The molecule has 1 unspecified atom stereocenters. The quantitative estimate of drug-likeness (QED) is 0.889. The predicted molar refractivity (Wildman–Crippen MR) is 80.8 cm³/mol. The average molecular weight is 291 g/mol. The summed E-state index contributed by atoms with van der Waals surface area (Å²) in [4.78, 5) is 0. The summed E-state index contributed by atoms with van der Waals surface area (Å²) in [5, 5.41) is 7.43. The Kier molecular flexibility index (Phi) is 4.96. The highest BCUT2D eigenvalue weighted by molar-refractivity contribution is 5.31. The lowest BCUT2D eigenvalue weighted by molar-refractivity contribution is 0.280. The molecule has 0 saturated carbocycles. The Labute approximate surface area is 124 Å². The van der Waals surface area contributed by atoms with E-state index in [0.717, 1.165) is 23.4 Å². The first kappa shape index (κ1) is 15.5. The van der Waals surface area contributed by atoms with Gasteiger partial charge in [0.15, 0.2) is 11.6 Å². The van der Waals surface area contributed by atoms with Crippen LogP contribution in [0, 0.1) is 5.82 Å². The third-order valence-corrected chi connectivity index (χ3v) is 3.65. The molecule has 0 aliphatic heterocycles. The van der Waals surface area contributed by atoms with Gasteiger partial charge in [0.1, 0.15) is 6.61 Å². The molecule has 114 valence electrons. The third-order valence-electron chi connectivity index (χ3n) is 3.65. The van der Waals surface area contributed by atoms with Crippen molar-refractivity contribution in [1.29, 1.82) is 0 Å². The highest BCUT2D eigenvalue weighted by Gasteiger charge is 2.10. The first-order chi connectivity index (χ1) is 10.0. The van der Waals surface area contributed by atoms with Crippen LogP contribution < -0.4 is 10.1 Å². The Morgan fingerprint density at radius 1 is 1.38 bits per heavy atom. The van der Waals surface area contributed by atoms with Crippen molar-refractivity contribution in [3.05, 3.63) is 47.0 Å². The number of aryl methyl sites for hydroxylation is 2. The van der Waals surface area contributed by atoms with Gasteiger partial charge in [-0.3, -0.25) is 4.68 Å². The Hall–Kier alpha value is -1.88. The van der Waals surface area contributed by atoms with Gasteiger partial charge < -0.3 is 10.1 Å². The van der Waals surface area contributed by atoms with Crippen LogP contribution in [0.1, 0.15) is 36.8 Å². The predicted octanol–water partition coefficient (Wildman–Crippen LogP) is 2.98. The summed E-state index contributed by atoms with van der Waals surface area (Å²) in [6.07, 6.45) is 0.874. The second kappa shape index (κ2) is 6.72. The lowest BCUT2D eigenvalue weighted by Crippen LogP contribution is -2.12. The van der Waals surface area contributed by atoms with Crippen LogP contribution in [-0.2, 0) is 20.1 Å². The van der Waals surface area contributed by atoms with Crippen molar-refractivity contribution in [3.8, 4) is 5.75 Å². The van der Waals surface area contributed by atoms with Crippen molar-refractivity contribution < 1.29 is 9.13 Å². The zero-order chi connectivity index (χ0) is 15.4. The molecule has 1 N–H and O–H groups in total. The van der Waals surface area contributed by atoms with Crippen LogP contribution in [0.15, 0.2) is 24.3 Å². The molecule has 0 spiro atoms. The third kappa shape index (κ3) is 3.61. The molecule has 4 nitrogen and oxygen atoms in total. The molecule has 1 aromatic carbocycles. The van der Waals surface area contributed by atoms with Crippen LogP contribution in [0.4, 0.5) is 4.39 Å². The molecular weight excluding hydrogens is 269 g/mol. The van der Waals surface area contributed by atoms with Crippen molar-refractivity contribution in [2.45, 2.75) is 32.9 Å². The van der Waals surface area contributed by atoms with Crippen molar-refractivity contribution in [2.24, 2.45) is 7.05 Å². The summed E-state index contributed by atoms with van der Waals surface area (Å²) in [5.74, 6) is -0.0752. The fourth-order valence-electron chi connectivity index (χ4n) is 2.10. The fraction of sp³-hybridized carbons (Fsp3) is 0.438. The van der Waals surface area contributed by atoms with Gasteiger partial charge in [0.2, 0.25) is 0 Å². The van der Waals surface area contributed by atoms with Crippen LogP contribution in [0.2, 0.25) is 0 Å². The Balaban J connectivity index is 2.07. The second-order valence-electron chi connectivity index (χ2n) is 5.09. The molecule has 2 aromatic rings. The number of hydrogen-bond acceptors (Lipinski definition) is 3. The van der Waals surface area contributed by atoms with Gasteiger partial charge in [0.05, 0.1) is 11.4 Å². The van der Waals surface area contributed by atoms with Crippen molar-refractivity contribution in [1.82, 2.24) is 15.1 Å². The maximum absolute atomic E-state index is 14.0. The summed E-state index contributed by atoms with van der Waals surface area (Å²) in [5.41, 5.74) is 2.84. The van der Waals surface area contributed by atoms with Crippen LogP contribution in [-0.4, -0.2) is 16.8 Å². The van der Waals surface area contributed by atoms with Crippen molar-refractivity contribution in [3.63, 3.8) is 0 Å². The minimum absolute atomic E-state index is 0.109. The van der Waals surface area contributed by atoms with E-state index in [-0.39, 0.29) is 17.6 Å². The summed E-state index contributed by atoms with van der Waals surface area (Å²) < 4.78 is 21.4. The SMILES string of the molecule is CCc1cc(COc2ccc(C(C)NC)cc2F)n(C)n1. The maximum atomic E-state index is 14.0. The Bertz CT molecular complexity index is 610. The number of nitrogens with zero attached hydrogens (tertiary/aromatic N) is 2. The minimum Gasteiger partial charge on any atom is -0.484 e. The van der Waals surface area contributed by atoms with E-state index in [2.05, 4.69) is 10.4 Å². The van der Waals surface area contributed by atoms with Gasteiger partial charge in [-0.05, 0) is 44.2 Å². The monoisotopic (exact) mass is 291 g/mol. The molecular formula is C16H22FN3O. The lowest BCUT2D eigenvalue weighted by atomic mass is 10.1. The van der Waals surface area contributed by atoms with Crippen LogP contribution >= 0.6 is 0 Å². The first-order valence-electron chi connectivity index (χ1n) is 7.16. The molecule has 0 aliphatic rings. The zero-order valence-corrected chi connectivity index (χ0v) is 13.0. The summed E-state index contributed by atoms with van der Waals surface area (Å²) in [7, 11) is 3.71. The normalized spacial score (nSPS) is 12.4. The van der Waals surface area contributed by atoms with E-state index in [1.165, 1.54) is 6.07 Å². The van der Waals surface area contributed by atoms with E-state index in [1.807, 2.05) is 40.1 Å². The highest BCUT2D eigenvalue weighted by Crippen LogP contribution is 2.22. The molecule has 21 heavy (non-hydrogen) atoms.